The van der Waals surface area contributed by atoms with Crippen molar-refractivity contribution in [3.05, 3.63) is 21.6 Å². The molecule has 1 rings (SSSR count). The quantitative estimate of drug-likeness (QED) is 0.620. The summed E-state index contributed by atoms with van der Waals surface area (Å²) in [5, 5.41) is 9.47. The summed E-state index contributed by atoms with van der Waals surface area (Å²) in [5.41, 5.74) is 5.87. The number of hydrogen-bond acceptors (Lipinski definition) is 5. The van der Waals surface area contributed by atoms with Gasteiger partial charge in [-0.05, 0) is 20.3 Å². The first-order valence-electron chi connectivity index (χ1n) is 5.82. The zero-order chi connectivity index (χ0) is 13.8. The lowest BCUT2D eigenvalue weighted by Crippen LogP contribution is -2.34. The molecule has 3 N–H and O–H groups in total. The van der Waals surface area contributed by atoms with Crippen LogP contribution in [0.25, 0.3) is 0 Å². The van der Waals surface area contributed by atoms with Crippen LogP contribution in [0.15, 0.2) is 9.95 Å². The van der Waals surface area contributed by atoms with Gasteiger partial charge in [-0.15, -0.1) is 0 Å². The van der Waals surface area contributed by atoms with Crippen LogP contribution in [0.1, 0.15) is 38.4 Å². The Hall–Kier alpha value is -1.32. The lowest BCUT2D eigenvalue weighted by atomic mass is 10.1. The number of nitriles is 1. The van der Waals surface area contributed by atoms with Gasteiger partial charge >= 0.3 is 0 Å². The first kappa shape index (κ1) is 14.7. The fraction of sp³-hybridized carbons (Fsp3) is 0.583. The van der Waals surface area contributed by atoms with Crippen molar-refractivity contribution >= 4 is 11.8 Å². The lowest BCUT2D eigenvalue weighted by molar-refractivity contribution is 0.590. The van der Waals surface area contributed by atoms with Gasteiger partial charge in [0.05, 0.1) is 5.69 Å². The van der Waals surface area contributed by atoms with Crippen LogP contribution in [0.4, 0.5) is 0 Å². The van der Waals surface area contributed by atoms with Gasteiger partial charge in [-0.25, -0.2) is 4.98 Å². The summed E-state index contributed by atoms with van der Waals surface area (Å²) in [5.74, 6) is 0.646. The second-order valence-corrected chi connectivity index (χ2v) is 5.80. The number of thioether (sulfide) groups is 1. The van der Waals surface area contributed by atoms with Crippen LogP contribution in [-0.4, -0.2) is 21.3 Å². The van der Waals surface area contributed by atoms with Crippen molar-refractivity contribution in [2.75, 3.05) is 5.75 Å². The van der Waals surface area contributed by atoms with E-state index in [1.807, 2.05) is 26.8 Å². The van der Waals surface area contributed by atoms with E-state index in [0.29, 0.717) is 23.0 Å². The fourth-order valence-corrected chi connectivity index (χ4v) is 2.20. The molecule has 5 nitrogen and oxygen atoms in total. The molecule has 0 fully saturated rings. The van der Waals surface area contributed by atoms with E-state index in [1.165, 1.54) is 11.8 Å². The first-order valence-corrected chi connectivity index (χ1v) is 6.81. The Morgan fingerprint density at radius 2 is 2.22 bits per heavy atom. The summed E-state index contributed by atoms with van der Waals surface area (Å²) < 4.78 is 0. The summed E-state index contributed by atoms with van der Waals surface area (Å²) in [7, 11) is 0. The summed E-state index contributed by atoms with van der Waals surface area (Å²) in [6, 6.07) is 1.91. The highest BCUT2D eigenvalue weighted by atomic mass is 32.2. The third kappa shape index (κ3) is 4.17. The number of hydrogen-bond donors (Lipinski definition) is 2. The van der Waals surface area contributed by atoms with E-state index in [9.17, 15) is 4.79 Å². The van der Waals surface area contributed by atoms with Gasteiger partial charge in [-0.1, -0.05) is 25.1 Å². The molecule has 1 aromatic rings. The summed E-state index contributed by atoms with van der Waals surface area (Å²) in [6.07, 6.45) is 1.48. The molecule has 0 aliphatic heterocycles. The maximum Gasteiger partial charge on any atom is 0.269 e. The predicted octanol–water partition coefficient (Wildman–Crippen LogP) is 1.42. The molecule has 0 atom stereocenters. The zero-order valence-corrected chi connectivity index (χ0v) is 11.7. The number of H-pyrrole nitrogens is 1. The Balaban J connectivity index is 3.02. The van der Waals surface area contributed by atoms with Crippen molar-refractivity contribution in [1.29, 1.82) is 5.26 Å². The molecule has 6 heteroatoms. The van der Waals surface area contributed by atoms with Gasteiger partial charge in [0.2, 0.25) is 0 Å². The number of aromatic nitrogens is 2. The van der Waals surface area contributed by atoms with E-state index in [0.717, 1.165) is 6.42 Å². The SMILES string of the molecule is CCCc1nc(SCC(C)(C)N)[nH]c(=O)c1C#N. The number of nitrogens with two attached hydrogens (primary N) is 1. The zero-order valence-electron chi connectivity index (χ0n) is 10.9. The summed E-state index contributed by atoms with van der Waals surface area (Å²) >= 11 is 1.40. The van der Waals surface area contributed by atoms with E-state index >= 15 is 0 Å². The van der Waals surface area contributed by atoms with Crippen LogP contribution in [-0.2, 0) is 6.42 Å². The highest BCUT2D eigenvalue weighted by molar-refractivity contribution is 7.99. The molecule has 0 aliphatic rings. The Morgan fingerprint density at radius 1 is 1.56 bits per heavy atom. The van der Waals surface area contributed by atoms with Crippen LogP contribution in [0.5, 0.6) is 0 Å². The van der Waals surface area contributed by atoms with Gasteiger partial charge in [-0.3, -0.25) is 4.79 Å². The minimum absolute atomic E-state index is 0.119. The van der Waals surface area contributed by atoms with E-state index in [2.05, 4.69) is 9.97 Å². The Bertz CT molecular complexity index is 510. The molecule has 0 saturated heterocycles. The smallest absolute Gasteiger partial charge is 0.269 e. The molecule has 0 unspecified atom stereocenters. The van der Waals surface area contributed by atoms with Crippen molar-refractivity contribution in [2.24, 2.45) is 5.73 Å². The molecule has 0 aliphatic carbocycles. The molecule has 0 radical (unpaired) electrons. The van der Waals surface area contributed by atoms with Gasteiger partial charge in [0.15, 0.2) is 5.16 Å². The molecular weight excluding hydrogens is 248 g/mol. The van der Waals surface area contributed by atoms with Gasteiger partial charge in [0.1, 0.15) is 11.6 Å². The van der Waals surface area contributed by atoms with E-state index < -0.39 is 0 Å². The predicted molar refractivity (Wildman–Crippen MR) is 72.6 cm³/mol. The number of aryl methyl sites for hydroxylation is 1. The second kappa shape index (κ2) is 6.03. The highest BCUT2D eigenvalue weighted by Gasteiger charge is 2.15. The third-order valence-corrected chi connectivity index (χ3v) is 3.51. The lowest BCUT2D eigenvalue weighted by Gasteiger charge is -2.17. The summed E-state index contributed by atoms with van der Waals surface area (Å²) in [6.45, 7) is 5.81. The number of nitrogens with zero attached hydrogens (tertiary/aromatic N) is 2. The molecule has 18 heavy (non-hydrogen) atoms. The second-order valence-electron chi connectivity index (χ2n) is 4.83. The number of rotatable bonds is 5. The molecule has 0 bridgehead atoms. The average Bonchev–Trinajstić information content (AvgIpc) is 2.26. The van der Waals surface area contributed by atoms with Gasteiger partial charge in [-0.2, -0.15) is 5.26 Å². The van der Waals surface area contributed by atoms with Crippen molar-refractivity contribution in [3.63, 3.8) is 0 Å². The Kier molecular flexibility index (Phi) is 4.93. The fourth-order valence-electron chi connectivity index (χ4n) is 1.35. The van der Waals surface area contributed by atoms with Crippen LogP contribution >= 0.6 is 11.8 Å². The maximum absolute atomic E-state index is 11.7. The van der Waals surface area contributed by atoms with Crippen molar-refractivity contribution in [1.82, 2.24) is 9.97 Å². The molecule has 98 valence electrons. The monoisotopic (exact) mass is 266 g/mol. The van der Waals surface area contributed by atoms with E-state index in [-0.39, 0.29) is 16.7 Å². The normalized spacial score (nSPS) is 11.3. The van der Waals surface area contributed by atoms with Gasteiger partial charge in [0.25, 0.3) is 5.56 Å². The topological polar surface area (TPSA) is 95.6 Å². The first-order chi connectivity index (χ1) is 8.37. The Morgan fingerprint density at radius 3 is 2.72 bits per heavy atom. The van der Waals surface area contributed by atoms with Crippen LogP contribution < -0.4 is 11.3 Å². The minimum Gasteiger partial charge on any atom is -0.325 e. The van der Waals surface area contributed by atoms with Crippen molar-refractivity contribution in [3.8, 4) is 6.07 Å². The molecule has 0 aromatic carbocycles. The molecule has 0 saturated carbocycles. The number of aromatic amines is 1. The highest BCUT2D eigenvalue weighted by Crippen LogP contribution is 2.17. The molecule has 1 aromatic heterocycles. The van der Waals surface area contributed by atoms with E-state index in [1.54, 1.807) is 0 Å². The number of nitrogens with one attached hydrogen (secondary N) is 1. The van der Waals surface area contributed by atoms with Gasteiger partial charge in [0, 0.05) is 11.3 Å². The molecule has 0 spiro atoms. The van der Waals surface area contributed by atoms with Crippen LogP contribution in [0.3, 0.4) is 0 Å². The third-order valence-electron chi connectivity index (χ3n) is 2.15. The largest absolute Gasteiger partial charge is 0.325 e. The standard InChI is InChI=1S/C12H18N4OS/c1-4-5-9-8(6-13)10(17)16-11(15-9)18-7-12(2,3)14/h4-5,7,14H2,1-3H3,(H,15,16,17). The summed E-state index contributed by atoms with van der Waals surface area (Å²) in [4.78, 5) is 18.7. The van der Waals surface area contributed by atoms with Gasteiger partial charge < -0.3 is 10.7 Å². The molecule has 1 heterocycles. The van der Waals surface area contributed by atoms with Crippen molar-refractivity contribution in [2.45, 2.75) is 44.3 Å². The van der Waals surface area contributed by atoms with Crippen LogP contribution in [0, 0.1) is 11.3 Å². The Labute approximate surface area is 111 Å². The average molecular weight is 266 g/mol. The van der Waals surface area contributed by atoms with E-state index in [4.69, 9.17) is 11.0 Å². The minimum atomic E-state index is -0.367. The van der Waals surface area contributed by atoms with Crippen LogP contribution in [0.2, 0.25) is 0 Å². The van der Waals surface area contributed by atoms with Crippen molar-refractivity contribution < 1.29 is 0 Å². The molecule has 0 amide bonds. The maximum atomic E-state index is 11.7. The molecular formula is C12H18N4OS.